The number of hydrogen-bond donors (Lipinski definition) is 1. The van der Waals surface area contributed by atoms with Crippen LogP contribution in [0, 0.1) is 13.8 Å². The maximum Gasteiger partial charge on any atom is 0.242 e. The molecule has 4 aromatic rings. The van der Waals surface area contributed by atoms with Gasteiger partial charge in [0.15, 0.2) is 5.65 Å². The molecule has 0 bridgehead atoms. The number of carbonyl (C=O) groups excluding carboxylic acids is 1. The Balaban J connectivity index is 1.54. The molecule has 0 spiro atoms. The average molecular weight is 427 g/mol. The van der Waals surface area contributed by atoms with Crippen molar-refractivity contribution < 1.29 is 4.79 Å². The molecule has 164 valence electrons. The molecule has 0 radical (unpaired) electrons. The van der Waals surface area contributed by atoms with Gasteiger partial charge in [-0.15, -0.1) is 0 Å². The van der Waals surface area contributed by atoms with Crippen LogP contribution < -0.4 is 5.32 Å². The van der Waals surface area contributed by atoms with E-state index in [2.05, 4.69) is 77.8 Å². The van der Waals surface area contributed by atoms with Crippen LogP contribution in [-0.2, 0) is 17.8 Å². The number of fused-ring (bicyclic) bond motifs is 1. The van der Waals surface area contributed by atoms with Gasteiger partial charge in [-0.05, 0) is 55.5 Å². The van der Waals surface area contributed by atoms with Crippen LogP contribution >= 0.6 is 0 Å². The summed E-state index contributed by atoms with van der Waals surface area (Å²) in [5.41, 5.74) is 7.44. The summed E-state index contributed by atoms with van der Waals surface area (Å²) in [4.78, 5) is 17.4. The Morgan fingerprint density at radius 2 is 1.88 bits per heavy atom. The monoisotopic (exact) mass is 426 g/mol. The summed E-state index contributed by atoms with van der Waals surface area (Å²) in [6, 6.07) is 18.8. The Morgan fingerprint density at radius 1 is 1.09 bits per heavy atom. The smallest absolute Gasteiger partial charge is 0.242 e. The standard InChI is InChI=1S/C27H30N4O/c1-5-7-21-10-12-22(13-11-21)19(3)29-25(32)17-31-27-26(20(4)30-31)24(14-15-28-27)23-9-6-8-18(2)16-23/h6,8-16,19H,5,7,17H2,1-4H3,(H,29,32). The van der Waals surface area contributed by atoms with E-state index in [4.69, 9.17) is 0 Å². The largest absolute Gasteiger partial charge is 0.348 e. The fourth-order valence-electron chi connectivity index (χ4n) is 4.21. The van der Waals surface area contributed by atoms with Gasteiger partial charge in [0.05, 0.1) is 11.7 Å². The molecule has 1 N–H and O–H groups in total. The predicted octanol–water partition coefficient (Wildman–Crippen LogP) is 5.55. The zero-order valence-corrected chi connectivity index (χ0v) is 19.2. The molecular weight excluding hydrogens is 396 g/mol. The summed E-state index contributed by atoms with van der Waals surface area (Å²) in [6.45, 7) is 8.37. The van der Waals surface area contributed by atoms with Crippen molar-refractivity contribution in [3.8, 4) is 11.1 Å². The summed E-state index contributed by atoms with van der Waals surface area (Å²) in [7, 11) is 0. The van der Waals surface area contributed by atoms with Crippen molar-refractivity contribution in [1.29, 1.82) is 0 Å². The van der Waals surface area contributed by atoms with Crippen LogP contribution in [0.25, 0.3) is 22.2 Å². The fraction of sp³-hybridized carbons (Fsp3) is 0.296. The molecule has 1 amide bonds. The van der Waals surface area contributed by atoms with Crippen LogP contribution in [0.5, 0.6) is 0 Å². The number of carbonyl (C=O) groups is 1. The highest BCUT2D eigenvalue weighted by molar-refractivity contribution is 5.95. The molecule has 2 aromatic carbocycles. The van der Waals surface area contributed by atoms with E-state index in [0.29, 0.717) is 0 Å². The van der Waals surface area contributed by atoms with Gasteiger partial charge in [0.25, 0.3) is 0 Å². The van der Waals surface area contributed by atoms with E-state index in [-0.39, 0.29) is 18.5 Å². The van der Waals surface area contributed by atoms with Gasteiger partial charge in [0, 0.05) is 11.6 Å². The first kappa shape index (κ1) is 21.8. The quantitative estimate of drug-likeness (QED) is 0.422. The van der Waals surface area contributed by atoms with Crippen LogP contribution in [0.2, 0.25) is 0 Å². The van der Waals surface area contributed by atoms with Gasteiger partial charge in [0.2, 0.25) is 5.91 Å². The number of benzene rings is 2. The number of aryl methyl sites for hydroxylation is 3. The summed E-state index contributed by atoms with van der Waals surface area (Å²) in [5, 5.41) is 8.73. The molecule has 5 nitrogen and oxygen atoms in total. The number of pyridine rings is 1. The molecule has 0 aliphatic heterocycles. The Hall–Kier alpha value is -3.47. The molecule has 1 atom stereocenters. The number of nitrogens with one attached hydrogen (secondary N) is 1. The Bertz CT molecular complexity index is 1240. The minimum absolute atomic E-state index is 0.0723. The normalized spacial score (nSPS) is 12.1. The van der Waals surface area contributed by atoms with E-state index < -0.39 is 0 Å². The minimum Gasteiger partial charge on any atom is -0.348 e. The third kappa shape index (κ3) is 4.57. The first-order valence-corrected chi connectivity index (χ1v) is 11.2. The summed E-state index contributed by atoms with van der Waals surface area (Å²) >= 11 is 0. The lowest BCUT2D eigenvalue weighted by atomic mass is 10.0. The summed E-state index contributed by atoms with van der Waals surface area (Å²) in [5.74, 6) is -0.0812. The lowest BCUT2D eigenvalue weighted by Crippen LogP contribution is -2.30. The maximum absolute atomic E-state index is 12.8. The van der Waals surface area contributed by atoms with Gasteiger partial charge in [0.1, 0.15) is 6.54 Å². The number of nitrogens with zero attached hydrogens (tertiary/aromatic N) is 3. The average Bonchev–Trinajstić information content (AvgIpc) is 3.09. The van der Waals surface area contributed by atoms with Crippen LogP contribution in [-0.4, -0.2) is 20.7 Å². The minimum atomic E-state index is -0.0812. The summed E-state index contributed by atoms with van der Waals surface area (Å²) < 4.78 is 1.70. The zero-order valence-electron chi connectivity index (χ0n) is 19.2. The molecule has 4 rings (SSSR count). The second-order valence-electron chi connectivity index (χ2n) is 8.45. The maximum atomic E-state index is 12.8. The fourth-order valence-corrected chi connectivity index (χ4v) is 4.21. The Kier molecular flexibility index (Phi) is 6.35. The SMILES string of the molecule is CCCc1ccc(C(C)NC(=O)Cn2nc(C)c3c(-c4cccc(C)c4)ccnc32)cc1. The number of rotatable bonds is 7. The van der Waals surface area contributed by atoms with Crippen LogP contribution in [0.4, 0.5) is 0 Å². The van der Waals surface area contributed by atoms with Gasteiger partial charge < -0.3 is 5.32 Å². The van der Waals surface area contributed by atoms with E-state index >= 15 is 0 Å². The third-order valence-corrected chi connectivity index (χ3v) is 5.83. The van der Waals surface area contributed by atoms with Crippen LogP contribution in [0.3, 0.4) is 0 Å². The molecule has 0 fully saturated rings. The van der Waals surface area contributed by atoms with Gasteiger partial charge in [-0.1, -0.05) is 67.4 Å². The molecule has 5 heteroatoms. The summed E-state index contributed by atoms with van der Waals surface area (Å²) in [6.07, 6.45) is 3.99. The molecule has 1 unspecified atom stereocenters. The van der Waals surface area contributed by atoms with E-state index in [0.717, 1.165) is 46.3 Å². The van der Waals surface area contributed by atoms with Crippen molar-refractivity contribution in [2.45, 2.75) is 53.1 Å². The van der Waals surface area contributed by atoms with Crippen molar-refractivity contribution in [3.05, 3.63) is 83.2 Å². The first-order valence-electron chi connectivity index (χ1n) is 11.2. The third-order valence-electron chi connectivity index (χ3n) is 5.83. The van der Waals surface area contributed by atoms with Gasteiger partial charge in [-0.3, -0.25) is 4.79 Å². The topological polar surface area (TPSA) is 59.8 Å². The second kappa shape index (κ2) is 9.35. The molecule has 0 aliphatic rings. The number of aromatic nitrogens is 3. The van der Waals surface area contributed by atoms with Crippen molar-refractivity contribution in [3.63, 3.8) is 0 Å². The molecule has 0 aliphatic carbocycles. The highest BCUT2D eigenvalue weighted by Gasteiger charge is 2.17. The lowest BCUT2D eigenvalue weighted by molar-refractivity contribution is -0.122. The lowest BCUT2D eigenvalue weighted by Gasteiger charge is -2.15. The van der Waals surface area contributed by atoms with Crippen molar-refractivity contribution in [2.24, 2.45) is 0 Å². The Labute approximate surface area is 189 Å². The Morgan fingerprint density at radius 3 is 2.59 bits per heavy atom. The van der Waals surface area contributed by atoms with Crippen molar-refractivity contribution >= 4 is 16.9 Å². The highest BCUT2D eigenvalue weighted by Crippen LogP contribution is 2.30. The van der Waals surface area contributed by atoms with E-state index in [9.17, 15) is 4.79 Å². The number of hydrogen-bond acceptors (Lipinski definition) is 3. The van der Waals surface area contributed by atoms with Crippen molar-refractivity contribution in [1.82, 2.24) is 20.1 Å². The molecule has 2 aromatic heterocycles. The van der Waals surface area contributed by atoms with E-state index in [1.807, 2.05) is 19.9 Å². The van der Waals surface area contributed by atoms with Gasteiger partial charge in [-0.2, -0.15) is 5.10 Å². The molecule has 2 heterocycles. The van der Waals surface area contributed by atoms with Crippen molar-refractivity contribution in [2.75, 3.05) is 0 Å². The zero-order chi connectivity index (χ0) is 22.7. The van der Waals surface area contributed by atoms with Gasteiger partial charge >= 0.3 is 0 Å². The van der Waals surface area contributed by atoms with E-state index in [1.54, 1.807) is 10.9 Å². The second-order valence-corrected chi connectivity index (χ2v) is 8.45. The van der Waals surface area contributed by atoms with Gasteiger partial charge in [-0.25, -0.2) is 9.67 Å². The number of amides is 1. The molecule has 32 heavy (non-hydrogen) atoms. The molecule has 0 saturated carbocycles. The highest BCUT2D eigenvalue weighted by atomic mass is 16.2. The van der Waals surface area contributed by atoms with Crippen LogP contribution in [0.15, 0.2) is 60.8 Å². The van der Waals surface area contributed by atoms with E-state index in [1.165, 1.54) is 11.1 Å². The first-order chi connectivity index (χ1) is 15.5. The molecule has 0 saturated heterocycles. The molecular formula is C27H30N4O. The van der Waals surface area contributed by atoms with Crippen LogP contribution in [0.1, 0.15) is 48.7 Å². The predicted molar refractivity (Wildman–Crippen MR) is 129 cm³/mol.